The Kier molecular flexibility index (Phi) is 4.78. The topological polar surface area (TPSA) is 63.4 Å². The summed E-state index contributed by atoms with van der Waals surface area (Å²) in [5, 5.41) is 0. The van der Waals surface area contributed by atoms with Gasteiger partial charge in [0.05, 0.1) is 4.90 Å². The number of benzene rings is 1. The molecule has 6 heteroatoms. The molecule has 2 rings (SSSR count). The Bertz CT molecular complexity index is 531. The van der Waals surface area contributed by atoms with Gasteiger partial charge in [-0.05, 0) is 31.9 Å². The normalized spacial score (nSPS) is 20.7. The highest BCUT2D eigenvalue weighted by Crippen LogP contribution is 2.23. The van der Waals surface area contributed by atoms with E-state index in [1.807, 2.05) is 26.0 Å². The Morgan fingerprint density at radius 3 is 2.50 bits per heavy atom. The predicted octanol–water partition coefficient (Wildman–Crippen LogP) is 1.45. The molecule has 1 saturated heterocycles. The summed E-state index contributed by atoms with van der Waals surface area (Å²) in [7, 11) is -3.37. The highest BCUT2D eigenvalue weighted by Gasteiger charge is 2.31. The molecular weight excluding hydrogens is 272 g/mol. The van der Waals surface area contributed by atoms with Gasteiger partial charge < -0.3 is 5.73 Å². The molecular formula is C12H19ClN2O2S. The van der Waals surface area contributed by atoms with Crippen LogP contribution in [0.25, 0.3) is 0 Å². The van der Waals surface area contributed by atoms with Gasteiger partial charge in [-0.15, -0.1) is 12.4 Å². The molecule has 102 valence electrons. The molecule has 0 saturated carbocycles. The second-order valence-corrected chi connectivity index (χ2v) is 6.59. The van der Waals surface area contributed by atoms with Crippen molar-refractivity contribution in [1.82, 2.24) is 4.31 Å². The van der Waals surface area contributed by atoms with E-state index in [2.05, 4.69) is 0 Å². The minimum absolute atomic E-state index is 0. The first kappa shape index (κ1) is 15.4. The molecule has 0 amide bonds. The zero-order valence-corrected chi connectivity index (χ0v) is 12.2. The lowest BCUT2D eigenvalue weighted by Gasteiger charge is -2.17. The van der Waals surface area contributed by atoms with E-state index in [9.17, 15) is 8.42 Å². The predicted molar refractivity (Wildman–Crippen MR) is 74.5 cm³/mol. The van der Waals surface area contributed by atoms with Crippen LogP contribution in [0.15, 0.2) is 23.1 Å². The van der Waals surface area contributed by atoms with E-state index < -0.39 is 10.0 Å². The van der Waals surface area contributed by atoms with Crippen molar-refractivity contribution in [3.05, 3.63) is 29.3 Å². The molecule has 1 aromatic rings. The fourth-order valence-corrected chi connectivity index (χ4v) is 3.92. The van der Waals surface area contributed by atoms with Crippen LogP contribution in [0.2, 0.25) is 0 Å². The van der Waals surface area contributed by atoms with E-state index in [-0.39, 0.29) is 18.4 Å². The lowest BCUT2D eigenvalue weighted by molar-refractivity contribution is 0.472. The molecule has 0 aromatic heterocycles. The number of nitrogens with two attached hydrogens (primary N) is 1. The number of rotatable bonds is 2. The highest BCUT2D eigenvalue weighted by molar-refractivity contribution is 7.89. The Balaban J connectivity index is 0.00000162. The highest BCUT2D eigenvalue weighted by atomic mass is 35.5. The summed E-state index contributed by atoms with van der Waals surface area (Å²) in [6.45, 7) is 4.73. The first-order valence-corrected chi connectivity index (χ1v) is 7.18. The van der Waals surface area contributed by atoms with Gasteiger partial charge in [-0.2, -0.15) is 4.31 Å². The molecule has 1 fully saturated rings. The van der Waals surface area contributed by atoms with E-state index >= 15 is 0 Å². The summed E-state index contributed by atoms with van der Waals surface area (Å²) in [4.78, 5) is 0.400. The van der Waals surface area contributed by atoms with Gasteiger partial charge in [0.2, 0.25) is 10.0 Å². The van der Waals surface area contributed by atoms with Crippen molar-refractivity contribution in [3.8, 4) is 0 Å². The lowest BCUT2D eigenvalue weighted by Crippen LogP contribution is -2.32. The van der Waals surface area contributed by atoms with E-state index in [1.165, 1.54) is 4.31 Å². The molecule has 1 aliphatic rings. The van der Waals surface area contributed by atoms with Crippen molar-refractivity contribution < 1.29 is 8.42 Å². The van der Waals surface area contributed by atoms with Crippen LogP contribution in [0.5, 0.6) is 0 Å². The molecule has 1 atom stereocenters. The molecule has 1 aromatic carbocycles. The third-order valence-corrected chi connectivity index (χ3v) is 5.16. The second-order valence-electron chi connectivity index (χ2n) is 4.68. The fraction of sp³-hybridized carbons (Fsp3) is 0.500. The summed E-state index contributed by atoms with van der Waals surface area (Å²) in [5.74, 6) is 0. The molecule has 1 unspecified atom stereocenters. The quantitative estimate of drug-likeness (QED) is 0.896. The number of aryl methyl sites for hydroxylation is 2. The van der Waals surface area contributed by atoms with Gasteiger partial charge in [-0.25, -0.2) is 8.42 Å². The molecule has 0 bridgehead atoms. The zero-order valence-electron chi connectivity index (χ0n) is 10.6. The Labute approximate surface area is 115 Å². The van der Waals surface area contributed by atoms with E-state index in [0.717, 1.165) is 17.5 Å². The maximum absolute atomic E-state index is 12.4. The van der Waals surface area contributed by atoms with Gasteiger partial charge in [-0.1, -0.05) is 17.7 Å². The Morgan fingerprint density at radius 2 is 2.00 bits per heavy atom. The van der Waals surface area contributed by atoms with E-state index in [0.29, 0.717) is 18.0 Å². The molecule has 2 N–H and O–H groups in total. The second kappa shape index (κ2) is 5.57. The van der Waals surface area contributed by atoms with Gasteiger partial charge in [-0.3, -0.25) is 0 Å². The average Bonchev–Trinajstić information content (AvgIpc) is 2.64. The molecule has 4 nitrogen and oxygen atoms in total. The van der Waals surface area contributed by atoms with E-state index in [4.69, 9.17) is 5.73 Å². The van der Waals surface area contributed by atoms with Crippen LogP contribution < -0.4 is 5.73 Å². The molecule has 1 aliphatic heterocycles. The monoisotopic (exact) mass is 290 g/mol. The average molecular weight is 291 g/mol. The minimum atomic E-state index is -3.37. The van der Waals surface area contributed by atoms with Crippen molar-refractivity contribution in [2.45, 2.75) is 31.2 Å². The lowest BCUT2D eigenvalue weighted by atomic mass is 10.2. The van der Waals surface area contributed by atoms with Crippen LogP contribution in [-0.4, -0.2) is 31.9 Å². The maximum Gasteiger partial charge on any atom is 0.243 e. The molecule has 1 heterocycles. The van der Waals surface area contributed by atoms with Crippen LogP contribution in [0.1, 0.15) is 17.5 Å². The molecule has 18 heavy (non-hydrogen) atoms. The fourth-order valence-electron chi connectivity index (χ4n) is 2.20. The zero-order chi connectivity index (χ0) is 12.6. The van der Waals surface area contributed by atoms with Crippen molar-refractivity contribution in [1.29, 1.82) is 0 Å². The first-order chi connectivity index (χ1) is 7.91. The smallest absolute Gasteiger partial charge is 0.243 e. The van der Waals surface area contributed by atoms with Gasteiger partial charge in [0.25, 0.3) is 0 Å². The van der Waals surface area contributed by atoms with Crippen LogP contribution >= 0.6 is 12.4 Å². The summed E-state index contributed by atoms with van der Waals surface area (Å²) >= 11 is 0. The van der Waals surface area contributed by atoms with Crippen LogP contribution in [-0.2, 0) is 10.0 Å². The third kappa shape index (κ3) is 2.85. The van der Waals surface area contributed by atoms with Crippen LogP contribution in [0.3, 0.4) is 0 Å². The van der Waals surface area contributed by atoms with Gasteiger partial charge >= 0.3 is 0 Å². The van der Waals surface area contributed by atoms with Crippen molar-refractivity contribution in [2.24, 2.45) is 5.73 Å². The molecule has 0 radical (unpaired) electrons. The first-order valence-electron chi connectivity index (χ1n) is 5.74. The number of halogens is 1. The standard InChI is InChI=1S/C12H18N2O2S.ClH/c1-9-3-4-12(10(2)7-9)17(15,16)14-6-5-11(13)8-14;/h3-4,7,11H,5-6,8,13H2,1-2H3;1H. The van der Waals surface area contributed by atoms with E-state index in [1.54, 1.807) is 6.07 Å². The van der Waals surface area contributed by atoms with Crippen molar-refractivity contribution in [3.63, 3.8) is 0 Å². The summed E-state index contributed by atoms with van der Waals surface area (Å²) in [5.41, 5.74) is 7.62. The Hall–Kier alpha value is -0.620. The number of hydrogen-bond acceptors (Lipinski definition) is 3. The minimum Gasteiger partial charge on any atom is -0.326 e. The van der Waals surface area contributed by atoms with Gasteiger partial charge in [0.1, 0.15) is 0 Å². The van der Waals surface area contributed by atoms with Crippen LogP contribution in [0.4, 0.5) is 0 Å². The van der Waals surface area contributed by atoms with Crippen molar-refractivity contribution >= 4 is 22.4 Å². The number of sulfonamides is 1. The summed E-state index contributed by atoms with van der Waals surface area (Å²) in [6, 6.07) is 5.37. The SMILES string of the molecule is Cc1ccc(S(=O)(=O)N2CCC(N)C2)c(C)c1.Cl. The largest absolute Gasteiger partial charge is 0.326 e. The van der Waals surface area contributed by atoms with Gasteiger partial charge in [0.15, 0.2) is 0 Å². The maximum atomic E-state index is 12.4. The summed E-state index contributed by atoms with van der Waals surface area (Å²) in [6.07, 6.45) is 0.740. The third-order valence-electron chi connectivity index (χ3n) is 3.14. The summed E-state index contributed by atoms with van der Waals surface area (Å²) < 4.78 is 26.2. The van der Waals surface area contributed by atoms with Crippen LogP contribution in [0, 0.1) is 13.8 Å². The molecule has 0 spiro atoms. The van der Waals surface area contributed by atoms with Crippen molar-refractivity contribution in [2.75, 3.05) is 13.1 Å². The van der Waals surface area contributed by atoms with Gasteiger partial charge in [0, 0.05) is 19.1 Å². The molecule has 0 aliphatic carbocycles. The Morgan fingerprint density at radius 1 is 1.33 bits per heavy atom. The number of hydrogen-bond donors (Lipinski definition) is 1. The number of nitrogens with zero attached hydrogens (tertiary/aromatic N) is 1.